The third kappa shape index (κ3) is 10.2. The lowest BCUT2D eigenvalue weighted by Gasteiger charge is -2.29. The molecule has 0 saturated carbocycles. The molecule has 0 radical (unpaired) electrons. The number of aliphatic hydroxyl groups is 2. The zero-order chi connectivity index (χ0) is 23.6. The Morgan fingerprint density at radius 1 is 0.968 bits per heavy atom. The Bertz CT molecular complexity index is 796. The number of hydrogen-bond donors (Lipinski definition) is 4. The minimum Gasteiger partial charge on any atom is -0.508 e. The largest absolute Gasteiger partial charge is 0.508 e. The van der Waals surface area contributed by atoms with Crippen molar-refractivity contribution >= 4 is 0 Å². The van der Waals surface area contributed by atoms with Gasteiger partial charge in [-0.1, -0.05) is 34.9 Å². The molecule has 1 aromatic rings. The predicted octanol–water partition coefficient (Wildman–Crippen LogP) is 6.26. The Kier molecular flexibility index (Phi) is 11.1. The fourth-order valence-electron chi connectivity index (χ4n) is 3.52. The molecule has 0 bridgehead atoms. The highest BCUT2D eigenvalue weighted by molar-refractivity contribution is 5.46. The lowest BCUT2D eigenvalue weighted by molar-refractivity contribution is -0.0691. The summed E-state index contributed by atoms with van der Waals surface area (Å²) in [6, 6.07) is 3.17. The zero-order valence-electron chi connectivity index (χ0n) is 20.2. The lowest BCUT2D eigenvalue weighted by atomic mass is 9.89. The van der Waals surface area contributed by atoms with E-state index in [1.165, 1.54) is 16.7 Å². The van der Waals surface area contributed by atoms with E-state index in [2.05, 4.69) is 32.1 Å². The summed E-state index contributed by atoms with van der Waals surface area (Å²) >= 11 is 0. The maximum absolute atomic E-state index is 10.5. The number of hydrogen-bond acceptors (Lipinski definition) is 4. The van der Waals surface area contributed by atoms with E-state index in [0.29, 0.717) is 24.8 Å². The van der Waals surface area contributed by atoms with Crippen LogP contribution in [0.2, 0.25) is 0 Å². The van der Waals surface area contributed by atoms with Gasteiger partial charge in [0.25, 0.3) is 0 Å². The Hall–Kier alpha value is -2.04. The molecule has 0 fully saturated rings. The molecule has 0 aliphatic heterocycles. The van der Waals surface area contributed by atoms with Crippen LogP contribution in [-0.4, -0.2) is 32.1 Å². The van der Waals surface area contributed by atoms with E-state index in [-0.39, 0.29) is 11.5 Å². The van der Waals surface area contributed by atoms with Gasteiger partial charge in [0.1, 0.15) is 11.5 Å². The molecule has 0 spiro atoms. The van der Waals surface area contributed by atoms with Crippen LogP contribution in [0.5, 0.6) is 11.5 Å². The molecule has 31 heavy (non-hydrogen) atoms. The summed E-state index contributed by atoms with van der Waals surface area (Å²) in [6.45, 7) is 11.7. The van der Waals surface area contributed by atoms with Gasteiger partial charge in [0.15, 0.2) is 0 Å². The van der Waals surface area contributed by atoms with Crippen LogP contribution in [0, 0.1) is 6.92 Å². The van der Waals surface area contributed by atoms with Crippen LogP contribution in [0.15, 0.2) is 47.1 Å². The molecule has 0 amide bonds. The maximum Gasteiger partial charge on any atom is 0.122 e. The van der Waals surface area contributed by atoms with E-state index >= 15 is 0 Å². The summed E-state index contributed by atoms with van der Waals surface area (Å²) in [5, 5.41) is 40.8. The molecule has 0 aliphatic rings. The highest BCUT2D eigenvalue weighted by Crippen LogP contribution is 2.28. The molecule has 4 N–H and O–H groups in total. The topological polar surface area (TPSA) is 80.9 Å². The second-order valence-corrected chi connectivity index (χ2v) is 9.35. The van der Waals surface area contributed by atoms with Crippen LogP contribution in [0.1, 0.15) is 84.3 Å². The van der Waals surface area contributed by atoms with Crippen LogP contribution < -0.4 is 0 Å². The number of allylic oxidation sites excluding steroid dienone is 6. The predicted molar refractivity (Wildman–Crippen MR) is 129 cm³/mol. The number of rotatable bonds is 12. The molecule has 1 rings (SSSR count). The molecule has 2 atom stereocenters. The van der Waals surface area contributed by atoms with Gasteiger partial charge in [0.2, 0.25) is 0 Å². The molecule has 0 aromatic heterocycles. The molecule has 4 nitrogen and oxygen atoms in total. The van der Waals surface area contributed by atoms with E-state index in [1.807, 2.05) is 13.8 Å². The number of phenols is 2. The molecular formula is C27H42O4. The first-order chi connectivity index (χ1) is 14.4. The van der Waals surface area contributed by atoms with E-state index < -0.39 is 11.7 Å². The average Bonchev–Trinajstić information content (AvgIpc) is 2.67. The van der Waals surface area contributed by atoms with Crippen LogP contribution >= 0.6 is 0 Å². The maximum atomic E-state index is 10.5. The SMILES string of the molecule is CC(C)=CCC[C@@](C)(O)[C@H](O)CC/C(C)=C/CC/C(C)=C/Cc1cc(O)cc(C)c1O. The number of aryl methyl sites for hydroxylation is 1. The number of aliphatic hydroxyl groups excluding tert-OH is 1. The van der Waals surface area contributed by atoms with Gasteiger partial charge in [0, 0.05) is 5.56 Å². The molecule has 174 valence electrons. The first-order valence-corrected chi connectivity index (χ1v) is 11.3. The van der Waals surface area contributed by atoms with E-state index in [0.717, 1.165) is 31.2 Å². The van der Waals surface area contributed by atoms with Crippen molar-refractivity contribution in [3.05, 3.63) is 58.2 Å². The van der Waals surface area contributed by atoms with Crippen molar-refractivity contribution in [2.45, 2.75) is 98.2 Å². The second-order valence-electron chi connectivity index (χ2n) is 9.35. The molecule has 0 unspecified atom stereocenters. The third-order valence-electron chi connectivity index (χ3n) is 5.80. The van der Waals surface area contributed by atoms with Crippen molar-refractivity contribution in [1.29, 1.82) is 0 Å². The van der Waals surface area contributed by atoms with Crippen LogP contribution in [0.25, 0.3) is 0 Å². The summed E-state index contributed by atoms with van der Waals surface area (Å²) in [7, 11) is 0. The summed E-state index contributed by atoms with van der Waals surface area (Å²) < 4.78 is 0. The van der Waals surface area contributed by atoms with Gasteiger partial charge in [-0.05, 0) is 104 Å². The highest BCUT2D eigenvalue weighted by Gasteiger charge is 2.28. The van der Waals surface area contributed by atoms with Gasteiger partial charge in [-0.3, -0.25) is 0 Å². The Morgan fingerprint density at radius 2 is 1.61 bits per heavy atom. The smallest absolute Gasteiger partial charge is 0.122 e. The van der Waals surface area contributed by atoms with Crippen molar-refractivity contribution in [2.24, 2.45) is 0 Å². The number of benzene rings is 1. The average molecular weight is 431 g/mol. The standard InChI is InChI=1S/C27H42O4/c1-19(2)9-8-16-27(6,31)25(29)15-13-21(4)11-7-10-20(3)12-14-23-18-24(28)17-22(5)26(23)30/h9,11-12,17-18,25,28-31H,7-8,10,13-16H2,1-6H3/b20-12+,21-11+/t25-,27-/m1/s1. The fourth-order valence-corrected chi connectivity index (χ4v) is 3.52. The van der Waals surface area contributed by atoms with Crippen molar-refractivity contribution in [2.75, 3.05) is 0 Å². The van der Waals surface area contributed by atoms with Crippen molar-refractivity contribution < 1.29 is 20.4 Å². The molecule has 0 heterocycles. The summed E-state index contributed by atoms with van der Waals surface area (Å²) in [6.07, 6.45) is 10.7. The molecule has 0 aliphatic carbocycles. The van der Waals surface area contributed by atoms with Gasteiger partial charge in [-0.25, -0.2) is 0 Å². The number of phenolic OH excluding ortho intramolecular Hbond substituents is 2. The van der Waals surface area contributed by atoms with Crippen LogP contribution in [-0.2, 0) is 6.42 Å². The Balaban J connectivity index is 2.46. The molecule has 4 heteroatoms. The summed E-state index contributed by atoms with van der Waals surface area (Å²) in [4.78, 5) is 0. The number of aromatic hydroxyl groups is 2. The van der Waals surface area contributed by atoms with Gasteiger partial charge < -0.3 is 20.4 Å². The third-order valence-corrected chi connectivity index (χ3v) is 5.80. The highest BCUT2D eigenvalue weighted by atomic mass is 16.3. The van der Waals surface area contributed by atoms with Gasteiger partial charge >= 0.3 is 0 Å². The van der Waals surface area contributed by atoms with Gasteiger partial charge in [-0.15, -0.1) is 0 Å². The summed E-state index contributed by atoms with van der Waals surface area (Å²) in [5.41, 5.74) is 4.01. The van der Waals surface area contributed by atoms with Crippen molar-refractivity contribution in [1.82, 2.24) is 0 Å². The van der Waals surface area contributed by atoms with Gasteiger partial charge in [-0.2, -0.15) is 0 Å². The lowest BCUT2D eigenvalue weighted by Crippen LogP contribution is -2.39. The normalized spacial score (nSPS) is 15.5. The second kappa shape index (κ2) is 12.7. The quantitative estimate of drug-likeness (QED) is 0.233. The van der Waals surface area contributed by atoms with Crippen molar-refractivity contribution in [3.63, 3.8) is 0 Å². The fraction of sp³-hybridized carbons (Fsp3) is 0.556. The monoisotopic (exact) mass is 430 g/mol. The van der Waals surface area contributed by atoms with E-state index in [4.69, 9.17) is 0 Å². The van der Waals surface area contributed by atoms with E-state index in [1.54, 1.807) is 26.0 Å². The zero-order valence-corrected chi connectivity index (χ0v) is 20.2. The molecular weight excluding hydrogens is 388 g/mol. The first-order valence-electron chi connectivity index (χ1n) is 11.3. The van der Waals surface area contributed by atoms with Gasteiger partial charge in [0.05, 0.1) is 11.7 Å². The molecule has 0 saturated heterocycles. The van der Waals surface area contributed by atoms with Crippen LogP contribution in [0.3, 0.4) is 0 Å². The minimum absolute atomic E-state index is 0.174. The minimum atomic E-state index is -1.07. The Morgan fingerprint density at radius 3 is 2.26 bits per heavy atom. The molecule has 1 aromatic carbocycles. The van der Waals surface area contributed by atoms with Crippen LogP contribution in [0.4, 0.5) is 0 Å². The Labute approximate surface area is 188 Å². The summed E-state index contributed by atoms with van der Waals surface area (Å²) in [5.74, 6) is 0.418. The first kappa shape index (κ1) is 27.0. The van der Waals surface area contributed by atoms with Crippen molar-refractivity contribution in [3.8, 4) is 11.5 Å². The van der Waals surface area contributed by atoms with E-state index in [9.17, 15) is 20.4 Å².